The second kappa shape index (κ2) is 7.81. The summed E-state index contributed by atoms with van der Waals surface area (Å²) in [7, 11) is 0. The van der Waals surface area contributed by atoms with Gasteiger partial charge in [-0.2, -0.15) is 0 Å². The Morgan fingerprint density at radius 3 is 2.04 bits per heavy atom. The molecule has 1 heterocycles. The van der Waals surface area contributed by atoms with Crippen LogP contribution in [0.3, 0.4) is 0 Å². The van der Waals surface area contributed by atoms with Crippen molar-refractivity contribution >= 4 is 17.4 Å². The van der Waals surface area contributed by atoms with E-state index in [1.54, 1.807) is 0 Å². The van der Waals surface area contributed by atoms with E-state index in [9.17, 15) is 4.79 Å². The van der Waals surface area contributed by atoms with Crippen LogP contribution in [0.1, 0.15) is 36.5 Å². The number of rotatable bonds is 3. The number of nitrogens with zero attached hydrogens (tertiary/aromatic N) is 2. The fourth-order valence-electron chi connectivity index (χ4n) is 3.49. The van der Waals surface area contributed by atoms with Crippen molar-refractivity contribution in [3.05, 3.63) is 59.2 Å². The number of carbonyl (C=O) groups is 1. The summed E-state index contributed by atoms with van der Waals surface area (Å²) < 4.78 is 0. The molecule has 2 amide bonds. The molecule has 0 atom stereocenters. The quantitative estimate of drug-likeness (QED) is 0.864. The molecule has 1 fully saturated rings. The smallest absolute Gasteiger partial charge is 0.321 e. The number of anilines is 2. The van der Waals surface area contributed by atoms with Gasteiger partial charge in [0, 0.05) is 37.6 Å². The zero-order valence-corrected chi connectivity index (χ0v) is 16.2. The molecule has 1 aliphatic rings. The molecule has 1 aliphatic heterocycles. The minimum Gasteiger partial charge on any atom is -0.368 e. The van der Waals surface area contributed by atoms with Crippen LogP contribution in [0.25, 0.3) is 0 Å². The van der Waals surface area contributed by atoms with Gasteiger partial charge in [0.1, 0.15) is 0 Å². The minimum atomic E-state index is -0.00944. The first-order valence-electron chi connectivity index (χ1n) is 9.41. The number of benzene rings is 2. The molecular weight excluding hydrogens is 322 g/mol. The molecule has 138 valence electrons. The highest BCUT2D eigenvalue weighted by Crippen LogP contribution is 2.21. The third kappa shape index (κ3) is 4.37. The minimum absolute atomic E-state index is 0.00944. The maximum atomic E-state index is 12.5. The van der Waals surface area contributed by atoms with Gasteiger partial charge in [-0.1, -0.05) is 32.0 Å². The Kier molecular flexibility index (Phi) is 5.50. The molecule has 0 unspecified atom stereocenters. The van der Waals surface area contributed by atoms with Gasteiger partial charge in [0.05, 0.1) is 0 Å². The molecule has 0 spiro atoms. The lowest BCUT2D eigenvalue weighted by atomic mass is 10.0. The van der Waals surface area contributed by atoms with Crippen LogP contribution in [-0.2, 0) is 0 Å². The largest absolute Gasteiger partial charge is 0.368 e. The van der Waals surface area contributed by atoms with Crippen molar-refractivity contribution in [3.63, 3.8) is 0 Å². The molecule has 0 aromatic heterocycles. The van der Waals surface area contributed by atoms with Gasteiger partial charge in [0.15, 0.2) is 0 Å². The standard InChI is InChI=1S/C22H29N3O/c1-16(2)19-5-7-21(8-6-19)24-9-11-25(12-10-24)22(26)23-20-14-17(3)13-18(4)15-20/h5-8,13-16H,9-12H2,1-4H3,(H,23,26). The van der Waals surface area contributed by atoms with Crippen LogP contribution < -0.4 is 10.2 Å². The summed E-state index contributed by atoms with van der Waals surface area (Å²) in [5.41, 5.74) is 5.80. The van der Waals surface area contributed by atoms with Crippen LogP contribution in [0.5, 0.6) is 0 Å². The first-order chi connectivity index (χ1) is 12.4. The van der Waals surface area contributed by atoms with E-state index in [1.807, 2.05) is 30.9 Å². The number of piperazine rings is 1. The number of aryl methyl sites for hydroxylation is 2. The van der Waals surface area contributed by atoms with E-state index in [2.05, 4.69) is 54.4 Å². The number of hydrogen-bond donors (Lipinski definition) is 1. The second-order valence-corrected chi connectivity index (χ2v) is 7.53. The highest BCUT2D eigenvalue weighted by atomic mass is 16.2. The SMILES string of the molecule is Cc1cc(C)cc(NC(=O)N2CCN(c3ccc(C(C)C)cc3)CC2)c1. The average Bonchev–Trinajstić information content (AvgIpc) is 2.61. The predicted molar refractivity (Wildman–Crippen MR) is 109 cm³/mol. The van der Waals surface area contributed by atoms with Crippen molar-refractivity contribution in [1.82, 2.24) is 4.90 Å². The Bertz CT molecular complexity index is 739. The fourth-order valence-corrected chi connectivity index (χ4v) is 3.49. The van der Waals surface area contributed by atoms with E-state index in [0.717, 1.165) is 43.0 Å². The highest BCUT2D eigenvalue weighted by molar-refractivity contribution is 5.89. The van der Waals surface area contributed by atoms with Gasteiger partial charge >= 0.3 is 6.03 Å². The van der Waals surface area contributed by atoms with Crippen LogP contribution >= 0.6 is 0 Å². The number of nitrogens with one attached hydrogen (secondary N) is 1. The lowest BCUT2D eigenvalue weighted by Crippen LogP contribution is -2.50. The van der Waals surface area contributed by atoms with Crippen molar-refractivity contribution in [3.8, 4) is 0 Å². The fraction of sp³-hybridized carbons (Fsp3) is 0.409. The molecule has 0 saturated carbocycles. The summed E-state index contributed by atoms with van der Waals surface area (Å²) in [6.07, 6.45) is 0. The third-order valence-electron chi connectivity index (χ3n) is 4.96. The summed E-state index contributed by atoms with van der Waals surface area (Å²) >= 11 is 0. The number of urea groups is 1. The van der Waals surface area contributed by atoms with Crippen molar-refractivity contribution in [2.24, 2.45) is 0 Å². The summed E-state index contributed by atoms with van der Waals surface area (Å²) in [6, 6.07) is 14.9. The van der Waals surface area contributed by atoms with Gasteiger partial charge in [0.2, 0.25) is 0 Å². The van der Waals surface area contributed by atoms with Crippen molar-refractivity contribution in [2.75, 3.05) is 36.4 Å². The predicted octanol–water partition coefficient (Wildman–Crippen LogP) is 4.78. The number of carbonyl (C=O) groups excluding carboxylic acids is 1. The van der Waals surface area contributed by atoms with Crippen molar-refractivity contribution in [2.45, 2.75) is 33.6 Å². The monoisotopic (exact) mass is 351 g/mol. The van der Waals surface area contributed by atoms with E-state index < -0.39 is 0 Å². The lowest BCUT2D eigenvalue weighted by molar-refractivity contribution is 0.208. The molecule has 4 nitrogen and oxygen atoms in total. The molecule has 2 aromatic carbocycles. The van der Waals surface area contributed by atoms with Gasteiger partial charge < -0.3 is 15.1 Å². The molecule has 0 aliphatic carbocycles. The van der Waals surface area contributed by atoms with Crippen molar-refractivity contribution < 1.29 is 4.79 Å². The van der Waals surface area contributed by atoms with Gasteiger partial charge in [-0.15, -0.1) is 0 Å². The molecule has 26 heavy (non-hydrogen) atoms. The molecule has 0 radical (unpaired) electrons. The Morgan fingerprint density at radius 2 is 1.50 bits per heavy atom. The lowest BCUT2D eigenvalue weighted by Gasteiger charge is -2.36. The van der Waals surface area contributed by atoms with E-state index in [-0.39, 0.29) is 6.03 Å². The van der Waals surface area contributed by atoms with Gasteiger partial charge in [-0.25, -0.2) is 4.79 Å². The molecular formula is C22H29N3O. The third-order valence-corrected chi connectivity index (χ3v) is 4.96. The average molecular weight is 351 g/mol. The van der Waals surface area contributed by atoms with Crippen LogP contribution in [0.2, 0.25) is 0 Å². The Balaban J connectivity index is 1.56. The van der Waals surface area contributed by atoms with Gasteiger partial charge in [-0.05, 0) is 60.7 Å². The first-order valence-corrected chi connectivity index (χ1v) is 9.41. The van der Waals surface area contributed by atoms with Gasteiger partial charge in [0.25, 0.3) is 0 Å². The zero-order chi connectivity index (χ0) is 18.7. The molecule has 2 aromatic rings. The second-order valence-electron chi connectivity index (χ2n) is 7.53. The maximum absolute atomic E-state index is 12.5. The maximum Gasteiger partial charge on any atom is 0.321 e. The molecule has 1 saturated heterocycles. The van der Waals surface area contributed by atoms with E-state index in [1.165, 1.54) is 11.3 Å². The Labute approximate surface area is 156 Å². The molecule has 1 N–H and O–H groups in total. The number of amides is 2. The summed E-state index contributed by atoms with van der Waals surface area (Å²) in [6.45, 7) is 11.7. The van der Waals surface area contributed by atoms with E-state index in [4.69, 9.17) is 0 Å². The van der Waals surface area contributed by atoms with Gasteiger partial charge in [-0.3, -0.25) is 0 Å². The van der Waals surface area contributed by atoms with Crippen LogP contribution in [0, 0.1) is 13.8 Å². The van der Waals surface area contributed by atoms with Crippen LogP contribution in [0.15, 0.2) is 42.5 Å². The highest BCUT2D eigenvalue weighted by Gasteiger charge is 2.21. The first kappa shape index (κ1) is 18.3. The Morgan fingerprint density at radius 1 is 0.923 bits per heavy atom. The normalized spacial score (nSPS) is 14.7. The topological polar surface area (TPSA) is 35.6 Å². The molecule has 4 heteroatoms. The van der Waals surface area contributed by atoms with Crippen LogP contribution in [0.4, 0.5) is 16.2 Å². The van der Waals surface area contributed by atoms with E-state index in [0.29, 0.717) is 5.92 Å². The van der Waals surface area contributed by atoms with Crippen LogP contribution in [-0.4, -0.2) is 37.1 Å². The molecule has 3 rings (SSSR count). The number of hydrogen-bond acceptors (Lipinski definition) is 2. The van der Waals surface area contributed by atoms with Crippen molar-refractivity contribution in [1.29, 1.82) is 0 Å². The zero-order valence-electron chi connectivity index (χ0n) is 16.2. The molecule has 0 bridgehead atoms. The Hall–Kier alpha value is -2.49. The summed E-state index contributed by atoms with van der Waals surface area (Å²) in [5, 5.41) is 3.04. The summed E-state index contributed by atoms with van der Waals surface area (Å²) in [4.78, 5) is 16.8. The van der Waals surface area contributed by atoms with E-state index >= 15 is 0 Å². The summed E-state index contributed by atoms with van der Waals surface area (Å²) in [5.74, 6) is 0.551.